The Labute approximate surface area is 144 Å². The van der Waals surface area contributed by atoms with E-state index in [4.69, 9.17) is 14.2 Å². The number of hydrogen-bond donors (Lipinski definition) is 1. The van der Waals surface area contributed by atoms with Crippen LogP contribution in [0, 0.1) is 0 Å². The third-order valence-corrected chi connectivity index (χ3v) is 3.64. The molecular weight excluding hydrogens is 324 g/mol. The summed E-state index contributed by atoms with van der Waals surface area (Å²) in [7, 11) is 0. The average Bonchev–Trinajstić information content (AvgIpc) is 2.61. The van der Waals surface area contributed by atoms with Crippen LogP contribution in [0.25, 0.3) is 0 Å². The van der Waals surface area contributed by atoms with Crippen LogP contribution in [0.1, 0.15) is 24.3 Å². The first-order valence-electron chi connectivity index (χ1n) is 7.95. The van der Waals surface area contributed by atoms with Gasteiger partial charge in [-0.1, -0.05) is 12.1 Å². The zero-order chi connectivity index (χ0) is 17.8. The summed E-state index contributed by atoms with van der Waals surface area (Å²) in [5, 5.41) is 2.67. The summed E-state index contributed by atoms with van der Waals surface area (Å²) in [5.41, 5.74) is 0.308. The van der Waals surface area contributed by atoms with Gasteiger partial charge in [0.25, 0.3) is 5.91 Å². The van der Waals surface area contributed by atoms with Crippen molar-refractivity contribution in [1.29, 1.82) is 0 Å². The summed E-state index contributed by atoms with van der Waals surface area (Å²) < 4.78 is 16.4. The maximum absolute atomic E-state index is 12.6. The summed E-state index contributed by atoms with van der Waals surface area (Å²) in [6, 6.07) is 10.3. The molecule has 2 aromatic rings. The number of ether oxygens (including phenoxy) is 3. The van der Waals surface area contributed by atoms with Crippen LogP contribution in [0.4, 0.5) is 5.69 Å². The highest BCUT2D eigenvalue weighted by Gasteiger charge is 2.34. The molecule has 2 heterocycles. The largest absolute Gasteiger partial charge is 0.482 e. The minimum absolute atomic E-state index is 0.0440. The monoisotopic (exact) mass is 342 g/mol. The maximum Gasteiger partial charge on any atom is 0.359 e. The summed E-state index contributed by atoms with van der Waals surface area (Å²) in [5.74, 6) is 0.0587. The molecule has 1 amide bonds. The van der Waals surface area contributed by atoms with Gasteiger partial charge in [-0.05, 0) is 38.1 Å². The van der Waals surface area contributed by atoms with Crippen molar-refractivity contribution in [3.05, 3.63) is 48.3 Å². The second-order valence-electron chi connectivity index (χ2n) is 5.42. The quantitative estimate of drug-likeness (QED) is 0.859. The van der Waals surface area contributed by atoms with Gasteiger partial charge in [-0.2, -0.15) is 0 Å². The smallest absolute Gasteiger partial charge is 0.359 e. The Morgan fingerprint density at radius 2 is 1.88 bits per heavy atom. The number of nitrogens with one attached hydrogen (secondary N) is 1. The normalized spacial score (nSPS) is 18.3. The van der Waals surface area contributed by atoms with Gasteiger partial charge in [0.2, 0.25) is 6.10 Å². The van der Waals surface area contributed by atoms with Crippen LogP contribution >= 0.6 is 0 Å². The molecule has 0 radical (unpaired) electrons. The summed E-state index contributed by atoms with van der Waals surface area (Å²) in [6.45, 7) is 3.66. The third kappa shape index (κ3) is 3.55. The highest BCUT2D eigenvalue weighted by molar-refractivity contribution is 6.01. The van der Waals surface area contributed by atoms with Gasteiger partial charge in [0.05, 0.1) is 12.3 Å². The zero-order valence-corrected chi connectivity index (χ0v) is 13.9. The molecule has 2 atom stereocenters. The first-order chi connectivity index (χ1) is 12.1. The highest BCUT2D eigenvalue weighted by atomic mass is 16.6. The second kappa shape index (κ2) is 7.21. The number of hydrogen-bond acceptors (Lipinski definition) is 6. The molecule has 0 unspecified atom stereocenters. The lowest BCUT2D eigenvalue weighted by molar-refractivity contribution is -0.128. The SMILES string of the molecule is CCOC(=O)c1ncccc1NC(=O)[C@@H]1Oc2ccccc2O[C@@H]1C. The number of fused-ring (bicyclic) bond motifs is 1. The molecule has 1 aromatic heterocycles. The summed E-state index contributed by atoms with van der Waals surface area (Å²) in [6.07, 6.45) is 0.115. The molecule has 3 rings (SSSR count). The van der Waals surface area contributed by atoms with E-state index in [0.717, 1.165) is 0 Å². The summed E-state index contributed by atoms with van der Waals surface area (Å²) in [4.78, 5) is 28.6. The second-order valence-corrected chi connectivity index (χ2v) is 5.42. The lowest BCUT2D eigenvalue weighted by atomic mass is 10.1. The standard InChI is InChI=1S/C18H18N2O5/c1-3-23-18(22)15-12(7-6-10-19-15)20-17(21)16-11(2)24-13-8-4-5-9-14(13)25-16/h4-11,16H,3H2,1-2H3,(H,20,21)/t11-,16-/m1/s1. The molecule has 7 heteroatoms. The van der Waals surface area contributed by atoms with Crippen LogP contribution in [0.2, 0.25) is 0 Å². The number of amides is 1. The van der Waals surface area contributed by atoms with Crippen molar-refractivity contribution in [3.8, 4) is 11.5 Å². The van der Waals surface area contributed by atoms with E-state index in [2.05, 4.69) is 10.3 Å². The van der Waals surface area contributed by atoms with Crippen LogP contribution in [0.5, 0.6) is 11.5 Å². The zero-order valence-electron chi connectivity index (χ0n) is 13.9. The molecule has 1 N–H and O–H groups in total. The van der Waals surface area contributed by atoms with E-state index < -0.39 is 24.1 Å². The van der Waals surface area contributed by atoms with E-state index >= 15 is 0 Å². The fourth-order valence-corrected chi connectivity index (χ4v) is 2.48. The van der Waals surface area contributed by atoms with Crippen molar-refractivity contribution in [2.45, 2.75) is 26.1 Å². The van der Waals surface area contributed by atoms with Gasteiger partial charge in [0.1, 0.15) is 6.10 Å². The Hall–Kier alpha value is -3.09. The number of pyridine rings is 1. The number of anilines is 1. The van der Waals surface area contributed by atoms with E-state index in [9.17, 15) is 9.59 Å². The van der Waals surface area contributed by atoms with Crippen LogP contribution in [0.15, 0.2) is 42.6 Å². The number of carbonyl (C=O) groups excluding carboxylic acids is 2. The number of esters is 1. The number of para-hydroxylation sites is 2. The molecule has 1 aromatic carbocycles. The van der Waals surface area contributed by atoms with Crippen molar-refractivity contribution in [3.63, 3.8) is 0 Å². The van der Waals surface area contributed by atoms with Crippen molar-refractivity contribution in [2.24, 2.45) is 0 Å². The first kappa shape index (κ1) is 16.8. The van der Waals surface area contributed by atoms with Gasteiger partial charge in [0.15, 0.2) is 17.2 Å². The number of rotatable bonds is 4. The Balaban J connectivity index is 1.78. The molecule has 130 valence electrons. The van der Waals surface area contributed by atoms with Gasteiger partial charge >= 0.3 is 5.97 Å². The Kier molecular flexibility index (Phi) is 4.83. The predicted molar refractivity (Wildman–Crippen MR) is 89.8 cm³/mol. The highest BCUT2D eigenvalue weighted by Crippen LogP contribution is 2.33. The molecule has 0 saturated carbocycles. The minimum atomic E-state index is -0.856. The van der Waals surface area contributed by atoms with Gasteiger partial charge in [-0.15, -0.1) is 0 Å². The molecule has 25 heavy (non-hydrogen) atoms. The van der Waals surface area contributed by atoms with Crippen molar-refractivity contribution in [2.75, 3.05) is 11.9 Å². The molecule has 1 aliphatic heterocycles. The van der Waals surface area contributed by atoms with E-state index in [0.29, 0.717) is 11.5 Å². The Morgan fingerprint density at radius 1 is 1.16 bits per heavy atom. The van der Waals surface area contributed by atoms with E-state index in [1.54, 1.807) is 44.2 Å². The van der Waals surface area contributed by atoms with Crippen LogP contribution in [0.3, 0.4) is 0 Å². The van der Waals surface area contributed by atoms with Crippen molar-refractivity contribution in [1.82, 2.24) is 4.98 Å². The first-order valence-corrected chi connectivity index (χ1v) is 7.95. The lowest BCUT2D eigenvalue weighted by Gasteiger charge is -2.31. The third-order valence-electron chi connectivity index (χ3n) is 3.64. The molecule has 0 fully saturated rings. The van der Waals surface area contributed by atoms with E-state index in [1.807, 2.05) is 6.07 Å². The van der Waals surface area contributed by atoms with Crippen LogP contribution < -0.4 is 14.8 Å². The predicted octanol–water partition coefficient (Wildman–Crippen LogP) is 2.43. The topological polar surface area (TPSA) is 86.8 Å². The van der Waals surface area contributed by atoms with Crippen LogP contribution in [-0.2, 0) is 9.53 Å². The average molecular weight is 342 g/mol. The van der Waals surface area contributed by atoms with E-state index in [1.165, 1.54) is 6.20 Å². The Morgan fingerprint density at radius 3 is 2.60 bits per heavy atom. The number of carbonyl (C=O) groups is 2. The van der Waals surface area contributed by atoms with Gasteiger partial charge in [-0.25, -0.2) is 9.78 Å². The number of benzene rings is 1. The molecule has 0 bridgehead atoms. The fraction of sp³-hybridized carbons (Fsp3) is 0.278. The van der Waals surface area contributed by atoms with Gasteiger partial charge in [-0.3, -0.25) is 4.79 Å². The van der Waals surface area contributed by atoms with Gasteiger partial charge < -0.3 is 19.5 Å². The maximum atomic E-state index is 12.6. The molecule has 0 aliphatic carbocycles. The summed E-state index contributed by atoms with van der Waals surface area (Å²) >= 11 is 0. The minimum Gasteiger partial charge on any atom is -0.482 e. The van der Waals surface area contributed by atoms with Crippen LogP contribution in [-0.4, -0.2) is 35.7 Å². The molecular formula is C18H18N2O5. The Bertz CT molecular complexity index is 793. The molecule has 7 nitrogen and oxygen atoms in total. The van der Waals surface area contributed by atoms with Crippen molar-refractivity contribution < 1.29 is 23.8 Å². The molecule has 0 spiro atoms. The van der Waals surface area contributed by atoms with Crippen molar-refractivity contribution >= 4 is 17.6 Å². The molecule has 1 aliphatic rings. The lowest BCUT2D eigenvalue weighted by Crippen LogP contribution is -2.46. The number of nitrogens with zero attached hydrogens (tertiary/aromatic N) is 1. The van der Waals surface area contributed by atoms with Gasteiger partial charge in [0, 0.05) is 6.20 Å². The molecule has 0 saturated heterocycles. The number of aromatic nitrogens is 1. The van der Waals surface area contributed by atoms with E-state index in [-0.39, 0.29) is 18.0 Å². The fourth-order valence-electron chi connectivity index (χ4n) is 2.48.